The average molecular weight is 192 g/mol. The van der Waals surface area contributed by atoms with Crippen LogP contribution in [0.3, 0.4) is 0 Å². The highest BCUT2D eigenvalue weighted by Gasteiger charge is 2.01. The summed E-state index contributed by atoms with van der Waals surface area (Å²) < 4.78 is 4.77. The molecule has 1 heterocycles. The van der Waals surface area contributed by atoms with Crippen LogP contribution in [0.2, 0.25) is 0 Å². The number of anilines is 1. The molecule has 0 fully saturated rings. The molecule has 0 bridgehead atoms. The van der Waals surface area contributed by atoms with Gasteiger partial charge in [0.05, 0.1) is 6.20 Å². The van der Waals surface area contributed by atoms with Crippen LogP contribution in [0.25, 0.3) is 0 Å². The lowest BCUT2D eigenvalue weighted by Crippen LogP contribution is -2.28. The van der Waals surface area contributed by atoms with Gasteiger partial charge in [-0.3, -0.25) is 5.32 Å². The number of nitrogens with zero attached hydrogens (tertiary/aromatic N) is 1. The van der Waals surface area contributed by atoms with Gasteiger partial charge in [0.25, 0.3) is 0 Å². The molecule has 0 atom stereocenters. The normalized spacial score (nSPS) is 8.42. The molecule has 0 aliphatic rings. The van der Waals surface area contributed by atoms with Gasteiger partial charge < -0.3 is 9.73 Å². The van der Waals surface area contributed by atoms with Crippen molar-refractivity contribution < 1.29 is 9.21 Å². The number of halogens is 1. The SMILES string of the molecule is CCNC(=O)Nc1ncco1.Cl. The minimum Gasteiger partial charge on any atom is -0.432 e. The quantitative estimate of drug-likeness (QED) is 0.739. The maximum atomic E-state index is 10.8. The van der Waals surface area contributed by atoms with Gasteiger partial charge in [0, 0.05) is 6.54 Å². The molecule has 12 heavy (non-hydrogen) atoms. The number of hydrogen-bond donors (Lipinski definition) is 2. The van der Waals surface area contributed by atoms with Gasteiger partial charge in [0.2, 0.25) is 0 Å². The van der Waals surface area contributed by atoms with Crippen molar-refractivity contribution in [1.29, 1.82) is 0 Å². The standard InChI is InChI=1S/C6H9N3O2.ClH/c1-2-7-5(10)9-6-8-3-4-11-6;/h3-4H,2H2,1H3,(H2,7,8,9,10);1H. The average Bonchev–Trinajstić information content (AvgIpc) is 2.40. The number of amides is 2. The highest BCUT2D eigenvalue weighted by molar-refractivity contribution is 5.86. The Labute approximate surface area is 76.0 Å². The summed E-state index contributed by atoms with van der Waals surface area (Å²) in [4.78, 5) is 14.5. The smallest absolute Gasteiger partial charge is 0.322 e. The molecule has 0 radical (unpaired) electrons. The second-order valence-electron chi connectivity index (χ2n) is 1.82. The van der Waals surface area contributed by atoms with E-state index in [0.717, 1.165) is 0 Å². The Morgan fingerprint density at radius 1 is 1.75 bits per heavy atom. The Balaban J connectivity index is 0.00000121. The van der Waals surface area contributed by atoms with E-state index in [1.807, 2.05) is 6.92 Å². The van der Waals surface area contributed by atoms with Crippen LogP contribution in [0.15, 0.2) is 16.9 Å². The minimum absolute atomic E-state index is 0. The molecule has 0 saturated carbocycles. The van der Waals surface area contributed by atoms with E-state index in [4.69, 9.17) is 4.42 Å². The van der Waals surface area contributed by atoms with Gasteiger partial charge in [-0.2, -0.15) is 0 Å². The molecular formula is C6H10ClN3O2. The van der Waals surface area contributed by atoms with Crippen LogP contribution in [-0.4, -0.2) is 17.6 Å². The Bertz CT molecular complexity index is 225. The van der Waals surface area contributed by atoms with E-state index in [0.29, 0.717) is 6.54 Å². The van der Waals surface area contributed by atoms with Crippen LogP contribution in [0.4, 0.5) is 10.8 Å². The first-order valence-corrected chi connectivity index (χ1v) is 3.27. The third kappa shape index (κ3) is 3.25. The number of carbonyl (C=O) groups is 1. The fraction of sp³-hybridized carbons (Fsp3) is 0.333. The van der Waals surface area contributed by atoms with Crippen molar-refractivity contribution in [3.8, 4) is 0 Å². The third-order valence-corrected chi connectivity index (χ3v) is 0.990. The van der Waals surface area contributed by atoms with Gasteiger partial charge in [0.1, 0.15) is 6.26 Å². The predicted octanol–water partition coefficient (Wildman–Crippen LogP) is 1.24. The number of hydrogen-bond acceptors (Lipinski definition) is 3. The molecule has 68 valence electrons. The molecule has 0 spiro atoms. The van der Waals surface area contributed by atoms with Crippen LogP contribution in [0.5, 0.6) is 0 Å². The molecule has 1 aromatic rings. The topological polar surface area (TPSA) is 67.2 Å². The Morgan fingerprint density at radius 3 is 3.00 bits per heavy atom. The highest BCUT2D eigenvalue weighted by atomic mass is 35.5. The minimum atomic E-state index is -0.310. The van der Waals surface area contributed by atoms with Gasteiger partial charge >= 0.3 is 12.0 Å². The summed E-state index contributed by atoms with van der Waals surface area (Å²) in [7, 11) is 0. The zero-order chi connectivity index (χ0) is 8.10. The first-order valence-electron chi connectivity index (χ1n) is 3.27. The van der Waals surface area contributed by atoms with Crippen molar-refractivity contribution >= 4 is 24.5 Å². The summed E-state index contributed by atoms with van der Waals surface area (Å²) in [5, 5.41) is 4.93. The van der Waals surface area contributed by atoms with Crippen LogP contribution < -0.4 is 10.6 Å². The van der Waals surface area contributed by atoms with E-state index in [2.05, 4.69) is 15.6 Å². The maximum Gasteiger partial charge on any atom is 0.322 e. The number of aromatic nitrogens is 1. The van der Waals surface area contributed by atoms with E-state index < -0.39 is 0 Å². The van der Waals surface area contributed by atoms with E-state index in [-0.39, 0.29) is 24.5 Å². The predicted molar refractivity (Wildman–Crippen MR) is 46.4 cm³/mol. The molecule has 6 heteroatoms. The summed E-state index contributed by atoms with van der Waals surface area (Å²) in [5.41, 5.74) is 0. The monoisotopic (exact) mass is 191 g/mol. The molecule has 0 unspecified atom stereocenters. The first-order chi connectivity index (χ1) is 5.33. The van der Waals surface area contributed by atoms with E-state index in [1.54, 1.807) is 0 Å². The Morgan fingerprint density at radius 2 is 2.50 bits per heavy atom. The molecule has 2 amide bonds. The first kappa shape index (κ1) is 10.8. The molecular weight excluding hydrogens is 182 g/mol. The van der Waals surface area contributed by atoms with Gasteiger partial charge in [0.15, 0.2) is 0 Å². The lowest BCUT2D eigenvalue weighted by molar-refractivity contribution is 0.252. The maximum absolute atomic E-state index is 10.8. The van der Waals surface area contributed by atoms with Crippen molar-refractivity contribution in [2.45, 2.75) is 6.92 Å². The van der Waals surface area contributed by atoms with Crippen LogP contribution in [-0.2, 0) is 0 Å². The molecule has 1 aromatic heterocycles. The van der Waals surface area contributed by atoms with Gasteiger partial charge in [-0.15, -0.1) is 12.4 Å². The molecule has 0 aliphatic carbocycles. The van der Waals surface area contributed by atoms with Crippen LogP contribution in [0, 0.1) is 0 Å². The fourth-order valence-corrected chi connectivity index (χ4v) is 0.587. The second-order valence-corrected chi connectivity index (χ2v) is 1.82. The Hall–Kier alpha value is -1.23. The number of rotatable bonds is 2. The number of oxazole rings is 1. The van der Waals surface area contributed by atoms with Gasteiger partial charge in [-0.1, -0.05) is 0 Å². The van der Waals surface area contributed by atoms with E-state index in [1.165, 1.54) is 12.5 Å². The molecule has 0 aliphatic heterocycles. The molecule has 2 N–H and O–H groups in total. The second kappa shape index (κ2) is 5.42. The largest absolute Gasteiger partial charge is 0.432 e. The third-order valence-electron chi connectivity index (χ3n) is 0.990. The van der Waals surface area contributed by atoms with E-state index >= 15 is 0 Å². The lowest BCUT2D eigenvalue weighted by atomic mass is 10.7. The number of urea groups is 1. The van der Waals surface area contributed by atoms with Crippen molar-refractivity contribution in [2.75, 3.05) is 11.9 Å². The van der Waals surface area contributed by atoms with Gasteiger partial charge in [-0.25, -0.2) is 9.78 Å². The van der Waals surface area contributed by atoms with Crippen LogP contribution in [0.1, 0.15) is 6.92 Å². The Kier molecular flexibility index (Phi) is 4.87. The molecule has 0 saturated heterocycles. The van der Waals surface area contributed by atoms with E-state index in [9.17, 15) is 4.79 Å². The lowest BCUT2D eigenvalue weighted by Gasteiger charge is -1.99. The fourth-order valence-electron chi connectivity index (χ4n) is 0.587. The number of carbonyl (C=O) groups excluding carboxylic acids is 1. The zero-order valence-corrected chi connectivity index (χ0v) is 7.35. The summed E-state index contributed by atoms with van der Waals surface area (Å²) in [6.45, 7) is 2.40. The molecule has 5 nitrogen and oxygen atoms in total. The highest BCUT2D eigenvalue weighted by Crippen LogP contribution is 1.99. The van der Waals surface area contributed by atoms with Crippen molar-refractivity contribution in [3.05, 3.63) is 12.5 Å². The van der Waals surface area contributed by atoms with Crippen molar-refractivity contribution in [3.63, 3.8) is 0 Å². The van der Waals surface area contributed by atoms with Gasteiger partial charge in [-0.05, 0) is 6.92 Å². The number of nitrogens with one attached hydrogen (secondary N) is 2. The molecule has 1 rings (SSSR count). The summed E-state index contributed by atoms with van der Waals surface area (Å²) >= 11 is 0. The summed E-state index contributed by atoms with van der Waals surface area (Å²) in [5.74, 6) is 0. The zero-order valence-electron chi connectivity index (χ0n) is 6.53. The summed E-state index contributed by atoms with van der Waals surface area (Å²) in [6.07, 6.45) is 2.85. The van der Waals surface area contributed by atoms with Crippen LogP contribution >= 0.6 is 12.4 Å². The van der Waals surface area contributed by atoms with Crippen molar-refractivity contribution in [2.24, 2.45) is 0 Å². The molecule has 0 aromatic carbocycles. The summed E-state index contributed by atoms with van der Waals surface area (Å²) in [6, 6.07) is -0.106. The van der Waals surface area contributed by atoms with Crippen molar-refractivity contribution in [1.82, 2.24) is 10.3 Å².